The van der Waals surface area contributed by atoms with Gasteiger partial charge < -0.3 is 24.8 Å². The van der Waals surface area contributed by atoms with Crippen LogP contribution in [-0.4, -0.2) is 82.2 Å². The highest BCUT2D eigenvalue weighted by molar-refractivity contribution is 7.92. The van der Waals surface area contributed by atoms with E-state index in [0.717, 1.165) is 25.5 Å². The SMILES string of the molecule is CNC[C@@H]1OCCCC[C@@H](C)Oc2ccc(NS(C)(=O)=O)cc2C(=O)N([C@H](C)CO)C[C@@H]1C. The maximum absolute atomic E-state index is 13.7. The largest absolute Gasteiger partial charge is 0.490 e. The van der Waals surface area contributed by atoms with Crippen LogP contribution in [0.4, 0.5) is 5.69 Å². The minimum atomic E-state index is -3.52. The number of sulfonamides is 1. The number of rotatable bonds is 6. The summed E-state index contributed by atoms with van der Waals surface area (Å²) in [5.41, 5.74) is 0.536. The lowest BCUT2D eigenvalue weighted by atomic mass is 10.0. The smallest absolute Gasteiger partial charge is 0.258 e. The van der Waals surface area contributed by atoms with Crippen molar-refractivity contribution in [1.29, 1.82) is 0 Å². The molecule has 3 N–H and O–H groups in total. The Morgan fingerprint density at radius 3 is 2.64 bits per heavy atom. The van der Waals surface area contributed by atoms with Gasteiger partial charge in [0.15, 0.2) is 0 Å². The second-order valence-corrected chi connectivity index (χ2v) is 10.7. The van der Waals surface area contributed by atoms with E-state index in [1.165, 1.54) is 6.07 Å². The lowest BCUT2D eigenvalue weighted by molar-refractivity contribution is -0.000450. The van der Waals surface area contributed by atoms with Gasteiger partial charge in [-0.1, -0.05) is 6.92 Å². The van der Waals surface area contributed by atoms with Crippen LogP contribution in [0.2, 0.25) is 0 Å². The zero-order valence-corrected chi connectivity index (χ0v) is 21.2. The molecule has 4 atom stereocenters. The summed E-state index contributed by atoms with van der Waals surface area (Å²) in [6.45, 7) is 7.20. The number of ether oxygens (including phenoxy) is 2. The van der Waals surface area contributed by atoms with Crippen molar-refractivity contribution in [2.24, 2.45) is 5.92 Å². The molecule has 9 nitrogen and oxygen atoms in total. The Labute approximate surface area is 197 Å². The maximum Gasteiger partial charge on any atom is 0.258 e. The number of hydrogen-bond acceptors (Lipinski definition) is 7. The van der Waals surface area contributed by atoms with Crippen molar-refractivity contribution in [1.82, 2.24) is 10.2 Å². The summed E-state index contributed by atoms with van der Waals surface area (Å²) < 4.78 is 38.2. The van der Waals surface area contributed by atoms with Crippen LogP contribution in [0.5, 0.6) is 5.75 Å². The standard InChI is InChI=1S/C23H39N3O6S/c1-16-14-26(17(2)15-27)23(28)20-12-19(25-33(5,29)30)9-10-21(20)32-18(3)8-6-7-11-31-22(16)13-24-4/h9-10,12,16-18,22,24-25,27H,6-8,11,13-15H2,1-5H3/t16-,17+,18+,22-/m0/s1. The minimum absolute atomic E-state index is 0.000963. The first kappa shape index (κ1) is 27.4. The second kappa shape index (κ2) is 12.5. The van der Waals surface area contributed by atoms with E-state index in [2.05, 4.69) is 10.0 Å². The van der Waals surface area contributed by atoms with Gasteiger partial charge in [0.2, 0.25) is 10.0 Å². The van der Waals surface area contributed by atoms with Crippen LogP contribution >= 0.6 is 0 Å². The Morgan fingerprint density at radius 2 is 2.00 bits per heavy atom. The summed E-state index contributed by atoms with van der Waals surface area (Å²) in [7, 11) is -1.65. The molecule has 0 saturated heterocycles. The number of aliphatic hydroxyl groups excluding tert-OH is 1. The summed E-state index contributed by atoms with van der Waals surface area (Å²) in [6.07, 6.45) is 3.45. The first-order chi connectivity index (χ1) is 15.6. The molecule has 0 bridgehead atoms. The van der Waals surface area contributed by atoms with Crippen molar-refractivity contribution in [3.05, 3.63) is 23.8 Å². The van der Waals surface area contributed by atoms with Gasteiger partial charge in [-0.2, -0.15) is 0 Å². The molecule has 0 aromatic heterocycles. The van der Waals surface area contributed by atoms with Crippen LogP contribution in [0.25, 0.3) is 0 Å². The molecule has 0 saturated carbocycles. The van der Waals surface area contributed by atoms with Crippen LogP contribution < -0.4 is 14.8 Å². The molecule has 10 heteroatoms. The quantitative estimate of drug-likeness (QED) is 0.565. The molecule has 1 aliphatic heterocycles. The van der Waals surface area contributed by atoms with Crippen molar-refractivity contribution in [3.63, 3.8) is 0 Å². The third-order valence-electron chi connectivity index (χ3n) is 5.76. The van der Waals surface area contributed by atoms with Gasteiger partial charge in [0.05, 0.1) is 36.7 Å². The average Bonchev–Trinajstić information content (AvgIpc) is 2.74. The molecule has 0 unspecified atom stereocenters. The third kappa shape index (κ3) is 8.44. The fraction of sp³-hybridized carbons (Fsp3) is 0.696. The molecule has 1 amide bonds. The molecule has 1 heterocycles. The van der Waals surface area contributed by atoms with E-state index in [1.54, 1.807) is 24.0 Å². The van der Waals surface area contributed by atoms with Gasteiger partial charge in [0.25, 0.3) is 5.91 Å². The highest BCUT2D eigenvalue weighted by Gasteiger charge is 2.29. The van der Waals surface area contributed by atoms with E-state index in [0.29, 0.717) is 25.4 Å². The van der Waals surface area contributed by atoms with E-state index in [4.69, 9.17) is 9.47 Å². The molecule has 0 radical (unpaired) electrons. The normalized spacial score (nSPS) is 24.4. The molecular weight excluding hydrogens is 446 g/mol. The van der Waals surface area contributed by atoms with Crippen molar-refractivity contribution in [2.45, 2.75) is 58.3 Å². The topological polar surface area (TPSA) is 117 Å². The summed E-state index contributed by atoms with van der Waals surface area (Å²) in [6, 6.07) is 4.27. The number of anilines is 1. The molecular formula is C23H39N3O6S. The number of nitrogens with zero attached hydrogens (tertiary/aromatic N) is 1. The lowest BCUT2D eigenvalue weighted by Gasteiger charge is -2.34. The van der Waals surface area contributed by atoms with E-state index < -0.39 is 16.1 Å². The molecule has 2 rings (SSSR count). The Hall–Kier alpha value is -1.88. The molecule has 0 aliphatic carbocycles. The van der Waals surface area contributed by atoms with E-state index >= 15 is 0 Å². The van der Waals surface area contributed by atoms with E-state index in [-0.39, 0.29) is 41.9 Å². The van der Waals surface area contributed by atoms with Crippen molar-refractivity contribution in [3.8, 4) is 5.75 Å². The number of hydrogen-bond donors (Lipinski definition) is 3. The summed E-state index contributed by atoms with van der Waals surface area (Å²) in [5, 5.41) is 13.0. The van der Waals surface area contributed by atoms with Crippen LogP contribution in [-0.2, 0) is 14.8 Å². The highest BCUT2D eigenvalue weighted by Crippen LogP contribution is 2.28. The monoisotopic (exact) mass is 485 g/mol. The Kier molecular flexibility index (Phi) is 10.4. The fourth-order valence-corrected chi connectivity index (χ4v) is 4.45. The van der Waals surface area contributed by atoms with E-state index in [1.807, 2.05) is 20.9 Å². The molecule has 188 valence electrons. The molecule has 0 spiro atoms. The van der Waals surface area contributed by atoms with E-state index in [9.17, 15) is 18.3 Å². The zero-order chi connectivity index (χ0) is 24.6. The van der Waals surface area contributed by atoms with Gasteiger partial charge in [-0.05, 0) is 58.4 Å². The van der Waals surface area contributed by atoms with Crippen LogP contribution in [0.15, 0.2) is 18.2 Å². The summed E-state index contributed by atoms with van der Waals surface area (Å²) >= 11 is 0. The van der Waals surface area contributed by atoms with Gasteiger partial charge in [-0.3, -0.25) is 9.52 Å². The molecule has 1 aromatic carbocycles. The van der Waals surface area contributed by atoms with Crippen molar-refractivity contribution in [2.75, 3.05) is 44.3 Å². The predicted molar refractivity (Wildman–Crippen MR) is 129 cm³/mol. The maximum atomic E-state index is 13.7. The summed E-state index contributed by atoms with van der Waals surface area (Å²) in [5.74, 6) is 0.0661. The Balaban J connectivity index is 2.51. The third-order valence-corrected chi connectivity index (χ3v) is 6.37. The lowest BCUT2D eigenvalue weighted by Crippen LogP contribution is -2.47. The zero-order valence-electron chi connectivity index (χ0n) is 20.3. The number of amides is 1. The second-order valence-electron chi connectivity index (χ2n) is 8.94. The Morgan fingerprint density at radius 1 is 1.27 bits per heavy atom. The first-order valence-corrected chi connectivity index (χ1v) is 13.4. The number of benzene rings is 1. The van der Waals surface area contributed by atoms with Gasteiger partial charge in [0, 0.05) is 31.3 Å². The Bertz CT molecular complexity index is 879. The number of carbonyl (C=O) groups excluding carboxylic acids is 1. The first-order valence-electron chi connectivity index (χ1n) is 11.5. The minimum Gasteiger partial charge on any atom is -0.490 e. The van der Waals surface area contributed by atoms with Gasteiger partial charge >= 0.3 is 0 Å². The molecule has 1 aromatic rings. The summed E-state index contributed by atoms with van der Waals surface area (Å²) in [4.78, 5) is 15.4. The van der Waals surface area contributed by atoms with Crippen LogP contribution in [0.3, 0.4) is 0 Å². The molecule has 1 aliphatic rings. The average molecular weight is 486 g/mol. The van der Waals surface area contributed by atoms with Crippen molar-refractivity contribution < 1.29 is 27.8 Å². The molecule has 33 heavy (non-hydrogen) atoms. The number of fused-ring (bicyclic) bond motifs is 1. The van der Waals surface area contributed by atoms with Crippen molar-refractivity contribution >= 4 is 21.6 Å². The van der Waals surface area contributed by atoms with Crippen LogP contribution in [0.1, 0.15) is 50.4 Å². The predicted octanol–water partition coefficient (Wildman–Crippen LogP) is 2.07. The molecule has 0 fully saturated rings. The van der Waals surface area contributed by atoms with Gasteiger partial charge in [-0.25, -0.2) is 8.42 Å². The number of carbonyl (C=O) groups is 1. The number of nitrogens with one attached hydrogen (secondary N) is 2. The number of aliphatic hydroxyl groups is 1. The number of likely N-dealkylation sites (N-methyl/N-ethyl adjacent to an activating group) is 1. The van der Waals surface area contributed by atoms with Crippen LogP contribution in [0, 0.1) is 5.92 Å². The highest BCUT2D eigenvalue weighted by atomic mass is 32.2. The fourth-order valence-electron chi connectivity index (χ4n) is 3.89. The van der Waals surface area contributed by atoms with Gasteiger partial charge in [0.1, 0.15) is 5.75 Å². The van der Waals surface area contributed by atoms with Gasteiger partial charge in [-0.15, -0.1) is 0 Å².